The minimum Gasteiger partial charge on any atom is -0.504 e. The normalized spacial score (nSPS) is 18.1. The molecule has 4 N–H and O–H groups in total. The molecule has 2 aliphatic rings. The van der Waals surface area contributed by atoms with E-state index in [0.29, 0.717) is 35.1 Å². The van der Waals surface area contributed by atoms with Crippen molar-refractivity contribution in [2.45, 2.75) is 31.1 Å². The number of fused-ring (bicyclic) bond motifs is 4. The standard InChI is InChI=1S/C19H16O6/c20-13-1-3-19(11-7-17(24)15(22)5-9(11)13)4-2-14(21)10-6-16(23)18(25)8-12(10)19/h5-8,22-25H,1-4H2. The number of phenolic OH excluding ortho intramolecular Hbond substituents is 4. The van der Waals surface area contributed by atoms with E-state index in [2.05, 4.69) is 0 Å². The second-order valence-corrected chi connectivity index (χ2v) is 6.70. The highest BCUT2D eigenvalue weighted by atomic mass is 16.3. The maximum atomic E-state index is 12.3. The maximum Gasteiger partial charge on any atom is 0.163 e. The van der Waals surface area contributed by atoms with Crippen LogP contribution in [0, 0.1) is 0 Å². The summed E-state index contributed by atoms with van der Waals surface area (Å²) >= 11 is 0. The van der Waals surface area contributed by atoms with Crippen molar-refractivity contribution in [2.75, 3.05) is 0 Å². The summed E-state index contributed by atoms with van der Waals surface area (Å²) < 4.78 is 0. The topological polar surface area (TPSA) is 115 Å². The summed E-state index contributed by atoms with van der Waals surface area (Å²) in [6.45, 7) is 0. The predicted octanol–water partition coefficient (Wildman–Crippen LogP) is 2.75. The zero-order chi connectivity index (χ0) is 17.9. The quantitative estimate of drug-likeness (QED) is 0.548. The predicted molar refractivity (Wildman–Crippen MR) is 87.5 cm³/mol. The summed E-state index contributed by atoms with van der Waals surface area (Å²) in [7, 11) is 0. The summed E-state index contributed by atoms with van der Waals surface area (Å²) in [5.41, 5.74) is 0.975. The van der Waals surface area contributed by atoms with Crippen molar-refractivity contribution < 1.29 is 30.0 Å². The average molecular weight is 340 g/mol. The largest absolute Gasteiger partial charge is 0.504 e. The summed E-state index contributed by atoms with van der Waals surface area (Å²) in [6, 6.07) is 5.24. The number of carbonyl (C=O) groups is 2. The van der Waals surface area contributed by atoms with E-state index in [-0.39, 0.29) is 47.4 Å². The van der Waals surface area contributed by atoms with Crippen LogP contribution in [0.3, 0.4) is 0 Å². The van der Waals surface area contributed by atoms with E-state index >= 15 is 0 Å². The van der Waals surface area contributed by atoms with Crippen molar-refractivity contribution in [3.63, 3.8) is 0 Å². The summed E-state index contributed by atoms with van der Waals surface area (Å²) in [4.78, 5) is 24.6. The Labute approximate surface area is 143 Å². The number of hydrogen-bond donors (Lipinski definition) is 4. The van der Waals surface area contributed by atoms with Gasteiger partial charge in [0.1, 0.15) is 0 Å². The third-order valence-electron chi connectivity index (χ3n) is 5.42. The Kier molecular flexibility index (Phi) is 3.09. The lowest BCUT2D eigenvalue weighted by Gasteiger charge is -2.42. The van der Waals surface area contributed by atoms with Gasteiger partial charge in [0.15, 0.2) is 34.6 Å². The van der Waals surface area contributed by atoms with E-state index in [1.165, 1.54) is 24.3 Å². The van der Waals surface area contributed by atoms with Crippen LogP contribution >= 0.6 is 0 Å². The fourth-order valence-corrected chi connectivity index (χ4v) is 4.14. The Bertz CT molecular complexity index is 866. The Balaban J connectivity index is 2.05. The number of aromatic hydroxyl groups is 4. The van der Waals surface area contributed by atoms with Crippen LogP contribution in [0.2, 0.25) is 0 Å². The van der Waals surface area contributed by atoms with Gasteiger partial charge >= 0.3 is 0 Å². The van der Waals surface area contributed by atoms with Gasteiger partial charge in [0.05, 0.1) is 0 Å². The van der Waals surface area contributed by atoms with Crippen molar-refractivity contribution in [2.24, 2.45) is 0 Å². The van der Waals surface area contributed by atoms with Crippen LogP contribution in [-0.4, -0.2) is 32.0 Å². The minimum absolute atomic E-state index is 0.141. The summed E-state index contributed by atoms with van der Waals surface area (Å²) in [5, 5.41) is 39.4. The zero-order valence-corrected chi connectivity index (χ0v) is 13.2. The summed E-state index contributed by atoms with van der Waals surface area (Å²) in [6.07, 6.45) is 1.31. The first-order valence-corrected chi connectivity index (χ1v) is 8.03. The third kappa shape index (κ3) is 2.03. The molecule has 2 aromatic rings. The van der Waals surface area contributed by atoms with Crippen LogP contribution in [0.1, 0.15) is 57.5 Å². The molecule has 0 fully saturated rings. The summed E-state index contributed by atoms with van der Waals surface area (Å²) in [5.74, 6) is -1.70. The molecule has 6 heteroatoms. The third-order valence-corrected chi connectivity index (χ3v) is 5.42. The average Bonchev–Trinajstić information content (AvgIpc) is 2.58. The Morgan fingerprint density at radius 1 is 0.640 bits per heavy atom. The fourth-order valence-electron chi connectivity index (χ4n) is 4.14. The highest BCUT2D eigenvalue weighted by molar-refractivity contribution is 6.03. The molecule has 128 valence electrons. The van der Waals surface area contributed by atoms with Crippen LogP contribution in [-0.2, 0) is 5.41 Å². The highest BCUT2D eigenvalue weighted by Crippen LogP contribution is 2.53. The van der Waals surface area contributed by atoms with Gasteiger partial charge in [-0.2, -0.15) is 0 Å². The van der Waals surface area contributed by atoms with Gasteiger partial charge < -0.3 is 20.4 Å². The molecule has 25 heavy (non-hydrogen) atoms. The molecule has 6 nitrogen and oxygen atoms in total. The SMILES string of the molecule is O=C1CCC2(CCC(=O)c3cc(O)c(O)cc32)c2cc(O)c(O)cc21. The Morgan fingerprint density at radius 2 is 1.00 bits per heavy atom. The van der Waals surface area contributed by atoms with Gasteiger partial charge in [-0.15, -0.1) is 0 Å². The van der Waals surface area contributed by atoms with Crippen LogP contribution < -0.4 is 0 Å². The van der Waals surface area contributed by atoms with Crippen molar-refractivity contribution in [1.29, 1.82) is 0 Å². The molecule has 0 radical (unpaired) electrons. The van der Waals surface area contributed by atoms with Crippen LogP contribution in [0.15, 0.2) is 24.3 Å². The molecule has 2 aliphatic carbocycles. The molecule has 4 rings (SSSR count). The van der Waals surface area contributed by atoms with Crippen molar-refractivity contribution in [1.82, 2.24) is 0 Å². The van der Waals surface area contributed by atoms with Gasteiger partial charge in [-0.3, -0.25) is 9.59 Å². The number of benzene rings is 2. The van der Waals surface area contributed by atoms with Crippen molar-refractivity contribution in [3.05, 3.63) is 46.5 Å². The molecule has 0 bridgehead atoms. The molecular weight excluding hydrogens is 324 g/mol. The maximum absolute atomic E-state index is 12.3. The van der Waals surface area contributed by atoms with Gasteiger partial charge in [-0.05, 0) is 48.2 Å². The Hall–Kier alpha value is -3.02. The van der Waals surface area contributed by atoms with E-state index in [1.54, 1.807) is 0 Å². The molecule has 0 saturated carbocycles. The smallest absolute Gasteiger partial charge is 0.163 e. The number of ketones is 2. The van der Waals surface area contributed by atoms with E-state index in [4.69, 9.17) is 0 Å². The minimum atomic E-state index is -0.733. The first-order chi connectivity index (χ1) is 11.8. The first-order valence-electron chi connectivity index (χ1n) is 8.03. The number of Topliss-reactive ketones (excluding diaryl/α,β-unsaturated/α-hetero) is 2. The zero-order valence-electron chi connectivity index (χ0n) is 13.2. The van der Waals surface area contributed by atoms with Gasteiger partial charge in [-0.1, -0.05) is 0 Å². The Morgan fingerprint density at radius 3 is 1.40 bits per heavy atom. The van der Waals surface area contributed by atoms with E-state index in [0.717, 1.165) is 0 Å². The fraction of sp³-hybridized carbons (Fsp3) is 0.263. The van der Waals surface area contributed by atoms with Crippen LogP contribution in [0.5, 0.6) is 23.0 Å². The van der Waals surface area contributed by atoms with Crippen molar-refractivity contribution in [3.8, 4) is 23.0 Å². The van der Waals surface area contributed by atoms with Gasteiger partial charge in [0.25, 0.3) is 0 Å². The van der Waals surface area contributed by atoms with Crippen LogP contribution in [0.25, 0.3) is 0 Å². The highest BCUT2D eigenvalue weighted by Gasteiger charge is 2.46. The van der Waals surface area contributed by atoms with E-state index in [1.807, 2.05) is 0 Å². The molecular formula is C19H16O6. The molecule has 0 aliphatic heterocycles. The van der Waals surface area contributed by atoms with Gasteiger partial charge in [0.2, 0.25) is 0 Å². The molecule has 2 aromatic carbocycles. The second kappa shape index (κ2) is 4.99. The molecule has 0 heterocycles. The van der Waals surface area contributed by atoms with Crippen LogP contribution in [0.4, 0.5) is 0 Å². The second-order valence-electron chi connectivity index (χ2n) is 6.70. The molecule has 1 spiro atoms. The monoisotopic (exact) mass is 340 g/mol. The molecule has 0 aromatic heterocycles. The lowest BCUT2D eigenvalue weighted by atomic mass is 9.59. The number of phenols is 4. The number of hydrogen-bond acceptors (Lipinski definition) is 6. The van der Waals surface area contributed by atoms with Crippen molar-refractivity contribution >= 4 is 11.6 Å². The van der Waals surface area contributed by atoms with Gasteiger partial charge in [-0.25, -0.2) is 0 Å². The lowest BCUT2D eigenvalue weighted by Crippen LogP contribution is -2.39. The molecule has 0 unspecified atom stereocenters. The lowest BCUT2D eigenvalue weighted by molar-refractivity contribution is 0.0931. The molecule has 0 amide bonds. The molecule has 0 atom stereocenters. The number of rotatable bonds is 0. The molecule has 0 saturated heterocycles. The van der Waals surface area contributed by atoms with E-state index in [9.17, 15) is 30.0 Å². The van der Waals surface area contributed by atoms with E-state index < -0.39 is 5.41 Å². The number of carbonyl (C=O) groups excluding carboxylic acids is 2. The first kappa shape index (κ1) is 15.5. The van der Waals surface area contributed by atoms with Gasteiger partial charge in [0, 0.05) is 29.4 Å².